The van der Waals surface area contributed by atoms with Crippen molar-refractivity contribution in [2.45, 2.75) is 85.9 Å². The van der Waals surface area contributed by atoms with E-state index >= 15 is 0 Å². The van der Waals surface area contributed by atoms with Crippen molar-refractivity contribution in [2.24, 2.45) is 11.8 Å². The van der Waals surface area contributed by atoms with Crippen LogP contribution in [0.2, 0.25) is 0 Å². The van der Waals surface area contributed by atoms with Crippen molar-refractivity contribution in [1.29, 1.82) is 0 Å². The van der Waals surface area contributed by atoms with Crippen molar-refractivity contribution in [3.63, 3.8) is 0 Å². The Labute approximate surface area is 121 Å². The first-order chi connectivity index (χ1) is 8.91. The van der Waals surface area contributed by atoms with E-state index in [9.17, 15) is 0 Å². The van der Waals surface area contributed by atoms with E-state index in [0.29, 0.717) is 18.1 Å². The molecule has 19 heavy (non-hydrogen) atoms. The van der Waals surface area contributed by atoms with Gasteiger partial charge in [-0.05, 0) is 52.4 Å². The van der Waals surface area contributed by atoms with Crippen LogP contribution in [0.4, 0.5) is 0 Å². The lowest BCUT2D eigenvalue weighted by atomic mass is 9.90. The van der Waals surface area contributed by atoms with Crippen LogP contribution in [-0.2, 0) is 9.47 Å². The third-order valence-corrected chi connectivity index (χ3v) is 3.15. The average molecular weight is 272 g/mol. The summed E-state index contributed by atoms with van der Waals surface area (Å²) in [5, 5.41) is 0. The van der Waals surface area contributed by atoms with E-state index in [1.165, 1.54) is 32.1 Å². The largest absolute Gasteiger partial charge is 0.379 e. The Bertz CT molecular complexity index is 174. The van der Waals surface area contributed by atoms with E-state index in [2.05, 4.69) is 41.5 Å². The lowest BCUT2D eigenvalue weighted by Crippen LogP contribution is -2.16. The Morgan fingerprint density at radius 3 is 1.68 bits per heavy atom. The molecule has 0 bridgehead atoms. The second-order valence-corrected chi connectivity index (χ2v) is 6.66. The monoisotopic (exact) mass is 272 g/mol. The summed E-state index contributed by atoms with van der Waals surface area (Å²) in [4.78, 5) is 0. The van der Waals surface area contributed by atoms with Crippen molar-refractivity contribution in [3.05, 3.63) is 0 Å². The molecule has 0 N–H and O–H groups in total. The molecule has 0 spiro atoms. The summed E-state index contributed by atoms with van der Waals surface area (Å²) >= 11 is 0. The predicted octanol–water partition coefficient (Wildman–Crippen LogP) is 5.06. The quantitative estimate of drug-likeness (QED) is 0.673. The van der Waals surface area contributed by atoms with E-state index in [0.717, 1.165) is 19.1 Å². The van der Waals surface area contributed by atoms with Crippen LogP contribution in [0.25, 0.3) is 0 Å². The van der Waals surface area contributed by atoms with Gasteiger partial charge in [0, 0.05) is 13.2 Å². The Morgan fingerprint density at radius 2 is 1.32 bits per heavy atom. The molecular formula is C17H36O2. The smallest absolute Gasteiger partial charge is 0.0519 e. The summed E-state index contributed by atoms with van der Waals surface area (Å²) in [6.45, 7) is 14.5. The number of hydrogen-bond donors (Lipinski definition) is 0. The molecule has 1 rings (SSSR count). The van der Waals surface area contributed by atoms with Gasteiger partial charge in [0.05, 0.1) is 12.2 Å². The number of rotatable bonds is 6. The fourth-order valence-corrected chi connectivity index (χ4v) is 2.07. The van der Waals surface area contributed by atoms with Gasteiger partial charge in [0.15, 0.2) is 0 Å². The molecule has 1 saturated carbocycles. The zero-order valence-electron chi connectivity index (χ0n) is 14.1. The normalized spacial score (nSPS) is 16.9. The molecule has 0 aliphatic heterocycles. The Kier molecular flexibility index (Phi) is 11.7. The molecule has 0 atom stereocenters. The molecule has 1 aliphatic carbocycles. The highest BCUT2D eigenvalue weighted by Gasteiger charge is 2.13. The Hall–Kier alpha value is -0.0800. The minimum absolute atomic E-state index is 0.386. The maximum atomic E-state index is 5.58. The van der Waals surface area contributed by atoms with Gasteiger partial charge in [-0.15, -0.1) is 0 Å². The van der Waals surface area contributed by atoms with Crippen LogP contribution in [-0.4, -0.2) is 25.4 Å². The minimum atomic E-state index is 0.386. The molecule has 1 aliphatic rings. The highest BCUT2D eigenvalue weighted by atomic mass is 16.5. The third-order valence-electron chi connectivity index (χ3n) is 3.15. The van der Waals surface area contributed by atoms with Gasteiger partial charge < -0.3 is 9.47 Å². The van der Waals surface area contributed by atoms with E-state index < -0.39 is 0 Å². The van der Waals surface area contributed by atoms with Gasteiger partial charge in [0.2, 0.25) is 0 Å². The lowest BCUT2D eigenvalue weighted by molar-refractivity contribution is 0.0413. The summed E-state index contributed by atoms with van der Waals surface area (Å²) in [6.07, 6.45) is 7.88. The van der Waals surface area contributed by atoms with Crippen molar-refractivity contribution < 1.29 is 9.47 Å². The summed E-state index contributed by atoms with van der Waals surface area (Å²) in [5.74, 6) is 1.53. The standard InChI is InChI=1S/C10H20O.C7H16O/c1-9(2)11-8-10-6-4-3-5-7-10;1-6(2)5-8-7(3)4/h9-10H,3-8H2,1-2H3;6-7H,5H2,1-4H3. The highest BCUT2D eigenvalue weighted by Crippen LogP contribution is 2.23. The molecule has 1 fully saturated rings. The molecule has 2 heteroatoms. The van der Waals surface area contributed by atoms with Crippen molar-refractivity contribution in [2.75, 3.05) is 13.2 Å². The van der Waals surface area contributed by atoms with Crippen molar-refractivity contribution in [1.82, 2.24) is 0 Å². The first-order valence-corrected chi connectivity index (χ1v) is 8.15. The van der Waals surface area contributed by atoms with E-state index in [-0.39, 0.29) is 0 Å². The van der Waals surface area contributed by atoms with E-state index in [1.54, 1.807) is 0 Å². The molecule has 0 aromatic rings. The fraction of sp³-hybridized carbons (Fsp3) is 1.00. The van der Waals surface area contributed by atoms with Crippen molar-refractivity contribution >= 4 is 0 Å². The minimum Gasteiger partial charge on any atom is -0.379 e. The van der Waals surface area contributed by atoms with Crippen LogP contribution in [0.15, 0.2) is 0 Å². The topological polar surface area (TPSA) is 18.5 Å². The number of hydrogen-bond acceptors (Lipinski definition) is 2. The molecule has 0 aromatic carbocycles. The lowest BCUT2D eigenvalue weighted by Gasteiger charge is -2.22. The Morgan fingerprint density at radius 1 is 0.789 bits per heavy atom. The van der Waals surface area contributed by atoms with Gasteiger partial charge in [-0.25, -0.2) is 0 Å². The average Bonchev–Trinajstić information content (AvgIpc) is 2.36. The van der Waals surface area contributed by atoms with Crippen LogP contribution < -0.4 is 0 Å². The second-order valence-electron chi connectivity index (χ2n) is 6.66. The second kappa shape index (κ2) is 11.7. The van der Waals surface area contributed by atoms with Gasteiger partial charge >= 0.3 is 0 Å². The van der Waals surface area contributed by atoms with Crippen LogP contribution in [0.5, 0.6) is 0 Å². The van der Waals surface area contributed by atoms with Gasteiger partial charge in [0.25, 0.3) is 0 Å². The van der Waals surface area contributed by atoms with Crippen LogP contribution in [0.1, 0.15) is 73.6 Å². The zero-order chi connectivity index (χ0) is 14.7. The molecule has 0 heterocycles. The first kappa shape index (κ1) is 18.9. The van der Waals surface area contributed by atoms with Gasteiger partial charge in [-0.1, -0.05) is 33.1 Å². The van der Waals surface area contributed by atoms with Gasteiger partial charge in [-0.2, -0.15) is 0 Å². The maximum absolute atomic E-state index is 5.58. The molecule has 0 saturated heterocycles. The van der Waals surface area contributed by atoms with E-state index in [4.69, 9.17) is 9.47 Å². The maximum Gasteiger partial charge on any atom is 0.0519 e. The SMILES string of the molecule is CC(C)COC(C)C.CC(C)OCC1CCCCC1. The molecule has 2 nitrogen and oxygen atoms in total. The summed E-state index contributed by atoms with van der Waals surface area (Å²) < 4.78 is 10.9. The molecule has 0 aromatic heterocycles. The highest BCUT2D eigenvalue weighted by molar-refractivity contribution is 4.65. The number of ether oxygens (including phenoxy) is 2. The van der Waals surface area contributed by atoms with Crippen LogP contribution in [0.3, 0.4) is 0 Å². The molecular weight excluding hydrogens is 236 g/mol. The predicted molar refractivity (Wildman–Crippen MR) is 83.6 cm³/mol. The summed E-state index contributed by atoms with van der Waals surface area (Å²) in [6, 6.07) is 0. The summed E-state index contributed by atoms with van der Waals surface area (Å²) in [7, 11) is 0. The third kappa shape index (κ3) is 14.1. The zero-order valence-corrected chi connectivity index (χ0v) is 14.1. The van der Waals surface area contributed by atoms with Crippen LogP contribution >= 0.6 is 0 Å². The summed E-state index contributed by atoms with van der Waals surface area (Å²) in [5.41, 5.74) is 0. The molecule has 0 radical (unpaired) electrons. The van der Waals surface area contributed by atoms with Crippen molar-refractivity contribution in [3.8, 4) is 0 Å². The Balaban J connectivity index is 0.000000362. The van der Waals surface area contributed by atoms with Gasteiger partial charge in [-0.3, -0.25) is 0 Å². The van der Waals surface area contributed by atoms with Gasteiger partial charge in [0.1, 0.15) is 0 Å². The fourth-order valence-electron chi connectivity index (χ4n) is 2.07. The van der Waals surface area contributed by atoms with E-state index in [1.807, 2.05) is 0 Å². The van der Waals surface area contributed by atoms with Crippen LogP contribution in [0, 0.1) is 11.8 Å². The first-order valence-electron chi connectivity index (χ1n) is 8.15. The molecule has 0 unspecified atom stereocenters. The molecule has 0 amide bonds. The molecule has 116 valence electrons.